The number of carbonyl (C=O) groups is 2. The number of carbonyl (C=O) groups excluding carboxylic acids is 2. The zero-order chi connectivity index (χ0) is 29.6. The molecular formula is C32H28F4O2S2Sn. The molecule has 0 fully saturated rings. The molecule has 0 amide bonds. The van der Waals surface area contributed by atoms with Gasteiger partial charge in [0.15, 0.2) is 0 Å². The number of benzene rings is 4. The summed E-state index contributed by atoms with van der Waals surface area (Å²) in [5.74, 6) is -1.79. The Morgan fingerprint density at radius 1 is 0.512 bits per heavy atom. The topological polar surface area (TPSA) is 34.1 Å². The van der Waals surface area contributed by atoms with Crippen LogP contribution in [0.5, 0.6) is 0 Å². The minimum atomic E-state index is -4.75. The molecule has 4 aromatic carbocycles. The Hall–Kier alpha value is -2.56. The molecule has 0 unspecified atom stereocenters. The molecule has 0 N–H and O–H groups in total. The minimum absolute atomic E-state index is 0.124. The van der Waals surface area contributed by atoms with Crippen molar-refractivity contribution in [1.29, 1.82) is 0 Å². The maximum absolute atomic E-state index is 14.2. The van der Waals surface area contributed by atoms with Gasteiger partial charge in [-0.25, -0.2) is 0 Å². The van der Waals surface area contributed by atoms with E-state index < -0.39 is 46.7 Å². The predicted molar refractivity (Wildman–Crippen MR) is 161 cm³/mol. The third-order valence-electron chi connectivity index (χ3n) is 6.74. The van der Waals surface area contributed by atoms with Crippen molar-refractivity contribution in [2.45, 2.75) is 34.6 Å². The van der Waals surface area contributed by atoms with Gasteiger partial charge in [0.1, 0.15) is 0 Å². The van der Waals surface area contributed by atoms with Gasteiger partial charge >= 0.3 is 248 Å². The summed E-state index contributed by atoms with van der Waals surface area (Å²) in [7, 11) is 2.37. The van der Waals surface area contributed by atoms with Crippen molar-refractivity contribution in [3.63, 3.8) is 0 Å². The molecule has 0 saturated carbocycles. The number of hydrogen-bond donors (Lipinski definition) is 0. The summed E-state index contributed by atoms with van der Waals surface area (Å²) in [6.07, 6.45) is 0.395. The summed E-state index contributed by atoms with van der Waals surface area (Å²) in [6.45, 7) is 3.49. The zero-order valence-electron chi connectivity index (χ0n) is 22.5. The van der Waals surface area contributed by atoms with E-state index in [4.69, 9.17) is 0 Å². The van der Waals surface area contributed by atoms with Gasteiger partial charge in [0, 0.05) is 0 Å². The summed E-state index contributed by atoms with van der Waals surface area (Å²) >= 11 is -4.75. The van der Waals surface area contributed by atoms with Gasteiger partial charge < -0.3 is 0 Å². The van der Waals surface area contributed by atoms with Crippen molar-refractivity contribution in [2.24, 2.45) is 0 Å². The van der Waals surface area contributed by atoms with Crippen LogP contribution in [-0.4, -0.2) is 25.8 Å². The summed E-state index contributed by atoms with van der Waals surface area (Å²) < 4.78 is 55.6. The Labute approximate surface area is 246 Å². The molecule has 0 heterocycles. The van der Waals surface area contributed by atoms with E-state index in [-0.39, 0.29) is 23.1 Å². The molecule has 4 rings (SSSR count). The van der Waals surface area contributed by atoms with Crippen LogP contribution in [0.15, 0.2) is 97.1 Å². The second-order valence-electron chi connectivity index (χ2n) is 9.45. The molecule has 0 radical (unpaired) electrons. The van der Waals surface area contributed by atoms with E-state index in [2.05, 4.69) is 0 Å². The van der Waals surface area contributed by atoms with Gasteiger partial charge in [0.05, 0.1) is 0 Å². The summed E-state index contributed by atoms with van der Waals surface area (Å²) in [5, 5.41) is -0.249. The average molecular weight is 703 g/mol. The first kappa shape index (κ1) is 31.4. The molecule has 212 valence electrons. The van der Waals surface area contributed by atoms with Gasteiger partial charge in [-0.3, -0.25) is 0 Å². The number of hydrogen-bond acceptors (Lipinski definition) is 4. The normalized spacial score (nSPS) is 11.7. The molecule has 0 bridgehead atoms. The van der Waals surface area contributed by atoms with Crippen LogP contribution in [0.4, 0.5) is 17.6 Å². The molecule has 0 aromatic heterocycles. The van der Waals surface area contributed by atoms with Crippen LogP contribution in [0.1, 0.15) is 56.8 Å². The van der Waals surface area contributed by atoms with Crippen LogP contribution in [0.2, 0.25) is 0 Å². The van der Waals surface area contributed by atoms with E-state index in [0.29, 0.717) is 22.3 Å². The van der Waals surface area contributed by atoms with Gasteiger partial charge in [0.25, 0.3) is 0 Å². The van der Waals surface area contributed by atoms with Crippen molar-refractivity contribution >= 4 is 43.7 Å². The number of halogens is 4. The van der Waals surface area contributed by atoms with E-state index in [0.717, 1.165) is 0 Å². The van der Waals surface area contributed by atoms with Crippen molar-refractivity contribution in [3.05, 3.63) is 143 Å². The van der Waals surface area contributed by atoms with Crippen LogP contribution in [0.25, 0.3) is 0 Å². The molecule has 0 aliphatic carbocycles. The van der Waals surface area contributed by atoms with Crippen molar-refractivity contribution < 1.29 is 27.2 Å². The Morgan fingerprint density at radius 2 is 0.732 bits per heavy atom. The van der Waals surface area contributed by atoms with Crippen LogP contribution in [0.3, 0.4) is 0 Å². The Kier molecular flexibility index (Phi) is 10.8. The first-order valence-corrected chi connectivity index (χ1v) is 25.0. The fraction of sp³-hybridized carbons (Fsp3) is 0.188. The van der Waals surface area contributed by atoms with E-state index >= 15 is 0 Å². The second-order valence-corrected chi connectivity index (χ2v) is 32.5. The first-order chi connectivity index (χ1) is 19.7. The van der Waals surface area contributed by atoms with Gasteiger partial charge in [-0.2, -0.15) is 0 Å². The average Bonchev–Trinajstić information content (AvgIpc) is 2.97. The molecule has 0 aliphatic rings. The third-order valence-corrected chi connectivity index (χ3v) is 35.9. The number of rotatable bonds is 10. The Balaban J connectivity index is 2.15. The van der Waals surface area contributed by atoms with Crippen molar-refractivity contribution in [1.82, 2.24) is 0 Å². The van der Waals surface area contributed by atoms with Crippen LogP contribution >= 0.6 is 17.9 Å². The van der Waals surface area contributed by atoms with Gasteiger partial charge in [-0.15, -0.1) is 0 Å². The molecule has 0 atom stereocenters. The van der Waals surface area contributed by atoms with E-state index in [1.807, 2.05) is 0 Å². The standard InChI is InChI=1S/2C13H9F2.2C3H6OS.Sn/c2*14-12-5-1-10(2-6-12)9-11-3-7-13(15)8-4-11;2*1-2-3(4)5;/h2*1-9H;2*2H2,1H3,(H,4,5);/q;;;;+2/p-2. The molecule has 0 spiro atoms. The molecule has 2 nitrogen and oxygen atoms in total. The quantitative estimate of drug-likeness (QED) is 0.122. The first-order valence-electron chi connectivity index (χ1n) is 13.1. The van der Waals surface area contributed by atoms with E-state index in [1.54, 1.807) is 62.4 Å². The zero-order valence-corrected chi connectivity index (χ0v) is 26.9. The maximum atomic E-state index is 14.2. The monoisotopic (exact) mass is 704 g/mol. The van der Waals surface area contributed by atoms with Crippen molar-refractivity contribution in [3.8, 4) is 0 Å². The van der Waals surface area contributed by atoms with Gasteiger partial charge in [0.2, 0.25) is 0 Å². The van der Waals surface area contributed by atoms with Gasteiger partial charge in [-0.1, -0.05) is 0 Å². The molecule has 0 aliphatic heterocycles. The predicted octanol–water partition coefficient (Wildman–Crippen LogP) is 9.07. The van der Waals surface area contributed by atoms with Gasteiger partial charge in [-0.05, 0) is 0 Å². The molecule has 0 saturated heterocycles. The second kappa shape index (κ2) is 14.1. The van der Waals surface area contributed by atoms with E-state index in [9.17, 15) is 27.2 Å². The molecule has 4 aromatic rings. The Bertz CT molecular complexity index is 1270. The molecule has 9 heteroatoms. The summed E-state index contributed by atoms with van der Waals surface area (Å²) in [5.41, 5.74) is 2.71. The fourth-order valence-electron chi connectivity index (χ4n) is 4.86. The SMILES string of the molecule is CCC(=O)[S][Sn]([S]C(=O)CC)([CH](c1ccc(F)cc1)c1ccc(F)cc1)[CH](c1ccc(F)cc1)c1ccc(F)cc1. The summed E-state index contributed by atoms with van der Waals surface area (Å²) in [4.78, 5) is 27.0. The fourth-order valence-corrected chi connectivity index (χ4v) is 39.7. The molecular weight excluding hydrogens is 675 g/mol. The third kappa shape index (κ3) is 7.45. The molecule has 41 heavy (non-hydrogen) atoms. The van der Waals surface area contributed by atoms with Crippen molar-refractivity contribution in [2.75, 3.05) is 0 Å². The van der Waals surface area contributed by atoms with Crippen LogP contribution in [-0.2, 0) is 9.59 Å². The van der Waals surface area contributed by atoms with Crippen LogP contribution in [0, 0.1) is 23.3 Å². The summed E-state index contributed by atoms with van der Waals surface area (Å²) in [6, 6.07) is 23.7. The van der Waals surface area contributed by atoms with Crippen LogP contribution < -0.4 is 0 Å². The van der Waals surface area contributed by atoms with E-state index in [1.165, 1.54) is 66.4 Å². The Morgan fingerprint density at radius 3 is 0.927 bits per heavy atom.